The molecule has 0 spiro atoms. The van der Waals surface area contributed by atoms with E-state index in [0.29, 0.717) is 6.54 Å². The number of carbonyl (C=O) groups excluding carboxylic acids is 1. The van der Waals surface area contributed by atoms with Crippen molar-refractivity contribution in [2.45, 2.75) is 32.2 Å². The highest BCUT2D eigenvalue weighted by Gasteiger charge is 2.12. The molecule has 0 radical (unpaired) electrons. The molecule has 4 heteroatoms. The maximum atomic E-state index is 12.4. The number of ether oxygens (including phenoxy) is 1. The Kier molecular flexibility index (Phi) is 5.83. The summed E-state index contributed by atoms with van der Waals surface area (Å²) in [5.41, 5.74) is 3.32. The number of hydrogen-bond donors (Lipinski definition) is 1. The number of rotatable bonds is 5. The van der Waals surface area contributed by atoms with Crippen molar-refractivity contribution >= 4 is 5.91 Å². The fourth-order valence-corrected chi connectivity index (χ4v) is 3.19. The van der Waals surface area contributed by atoms with Gasteiger partial charge in [0.2, 0.25) is 0 Å². The number of benzene rings is 1. The molecule has 0 unspecified atom stereocenters. The molecule has 3 rings (SSSR count). The van der Waals surface area contributed by atoms with Crippen molar-refractivity contribution in [3.63, 3.8) is 0 Å². The third-order valence-corrected chi connectivity index (χ3v) is 4.56. The van der Waals surface area contributed by atoms with Gasteiger partial charge in [0.15, 0.2) is 0 Å². The van der Waals surface area contributed by atoms with Crippen LogP contribution in [-0.4, -0.2) is 43.7 Å². The van der Waals surface area contributed by atoms with Crippen molar-refractivity contribution in [3.8, 4) is 0 Å². The number of amides is 1. The standard InChI is InChI=1S/C19H26N2O2/c22-19(20-14-16-5-2-1-3-6-16)18-8-4-7-17(13-18)15-21-9-11-23-12-10-21/h4-5,7-8,13H,1-3,6,9-12,14-15H2,(H,20,22). The Hall–Kier alpha value is -1.65. The van der Waals surface area contributed by atoms with Gasteiger partial charge < -0.3 is 10.1 Å². The average Bonchev–Trinajstić information content (AvgIpc) is 2.62. The smallest absolute Gasteiger partial charge is 0.251 e. The summed E-state index contributed by atoms with van der Waals surface area (Å²) in [6, 6.07) is 7.98. The fourth-order valence-electron chi connectivity index (χ4n) is 3.19. The lowest BCUT2D eigenvalue weighted by atomic mass is 9.99. The molecule has 1 heterocycles. The van der Waals surface area contributed by atoms with Crippen LogP contribution in [-0.2, 0) is 11.3 Å². The molecule has 0 saturated carbocycles. The van der Waals surface area contributed by atoms with Crippen molar-refractivity contribution in [2.24, 2.45) is 0 Å². The molecule has 1 saturated heterocycles. The highest BCUT2D eigenvalue weighted by atomic mass is 16.5. The van der Waals surface area contributed by atoms with Crippen LogP contribution < -0.4 is 5.32 Å². The summed E-state index contributed by atoms with van der Waals surface area (Å²) < 4.78 is 5.38. The lowest BCUT2D eigenvalue weighted by Gasteiger charge is -2.26. The van der Waals surface area contributed by atoms with Crippen LogP contribution in [0.25, 0.3) is 0 Å². The molecule has 1 N–H and O–H groups in total. The molecular weight excluding hydrogens is 288 g/mol. The van der Waals surface area contributed by atoms with Crippen LogP contribution in [0, 0.1) is 0 Å². The molecular formula is C19H26N2O2. The second-order valence-corrected chi connectivity index (χ2v) is 6.38. The molecule has 1 aromatic carbocycles. The summed E-state index contributed by atoms with van der Waals surface area (Å²) in [6.45, 7) is 5.10. The Bertz CT molecular complexity index is 562. The SMILES string of the molecule is O=C(NCC1=CCCCC1)c1cccc(CN2CCOCC2)c1. The van der Waals surface area contributed by atoms with Crippen LogP contribution in [0.1, 0.15) is 41.6 Å². The van der Waals surface area contributed by atoms with Gasteiger partial charge in [-0.15, -0.1) is 0 Å². The van der Waals surface area contributed by atoms with E-state index in [2.05, 4.69) is 22.4 Å². The van der Waals surface area contributed by atoms with E-state index >= 15 is 0 Å². The van der Waals surface area contributed by atoms with Gasteiger partial charge in [-0.25, -0.2) is 0 Å². The van der Waals surface area contributed by atoms with Crippen LogP contribution in [0.2, 0.25) is 0 Å². The van der Waals surface area contributed by atoms with Gasteiger partial charge in [-0.05, 0) is 43.4 Å². The van der Waals surface area contributed by atoms with Crippen molar-refractivity contribution in [1.29, 1.82) is 0 Å². The Morgan fingerprint density at radius 3 is 2.87 bits per heavy atom. The normalized spacial score (nSPS) is 19.2. The van der Waals surface area contributed by atoms with Gasteiger partial charge in [-0.2, -0.15) is 0 Å². The maximum Gasteiger partial charge on any atom is 0.251 e. The molecule has 1 fully saturated rings. The molecule has 1 amide bonds. The summed E-state index contributed by atoms with van der Waals surface area (Å²) in [5.74, 6) is 0.0281. The van der Waals surface area contributed by atoms with E-state index in [4.69, 9.17) is 4.74 Å². The van der Waals surface area contributed by atoms with Crippen molar-refractivity contribution < 1.29 is 9.53 Å². The first-order valence-corrected chi connectivity index (χ1v) is 8.66. The lowest BCUT2D eigenvalue weighted by Crippen LogP contribution is -2.35. The molecule has 1 aliphatic heterocycles. The molecule has 124 valence electrons. The molecule has 1 aliphatic carbocycles. The van der Waals surface area contributed by atoms with Gasteiger partial charge in [0.1, 0.15) is 0 Å². The minimum Gasteiger partial charge on any atom is -0.379 e. The third-order valence-electron chi connectivity index (χ3n) is 4.56. The zero-order valence-corrected chi connectivity index (χ0v) is 13.7. The maximum absolute atomic E-state index is 12.4. The van der Waals surface area contributed by atoms with E-state index in [-0.39, 0.29) is 5.91 Å². The number of allylic oxidation sites excluding steroid dienone is 1. The van der Waals surface area contributed by atoms with Crippen LogP contribution >= 0.6 is 0 Å². The van der Waals surface area contributed by atoms with Crippen LogP contribution in [0.15, 0.2) is 35.9 Å². The zero-order chi connectivity index (χ0) is 15.9. The first-order chi connectivity index (χ1) is 11.3. The van der Waals surface area contributed by atoms with Gasteiger partial charge in [0.05, 0.1) is 13.2 Å². The van der Waals surface area contributed by atoms with Gasteiger partial charge in [0.25, 0.3) is 5.91 Å². The molecule has 0 atom stereocenters. The van der Waals surface area contributed by atoms with E-state index in [9.17, 15) is 4.79 Å². The van der Waals surface area contributed by atoms with Gasteiger partial charge in [0, 0.05) is 31.7 Å². The zero-order valence-electron chi connectivity index (χ0n) is 13.7. The first-order valence-electron chi connectivity index (χ1n) is 8.66. The van der Waals surface area contributed by atoms with Crippen molar-refractivity contribution in [2.75, 3.05) is 32.8 Å². The average molecular weight is 314 g/mol. The predicted molar refractivity (Wildman–Crippen MR) is 91.4 cm³/mol. The van der Waals surface area contributed by atoms with E-state index in [1.54, 1.807) is 0 Å². The second kappa shape index (κ2) is 8.27. The summed E-state index contributed by atoms with van der Waals surface area (Å²) >= 11 is 0. The second-order valence-electron chi connectivity index (χ2n) is 6.38. The number of carbonyl (C=O) groups is 1. The molecule has 0 bridgehead atoms. The largest absolute Gasteiger partial charge is 0.379 e. The van der Waals surface area contributed by atoms with Crippen LogP contribution in [0.5, 0.6) is 0 Å². The van der Waals surface area contributed by atoms with E-state index in [0.717, 1.165) is 51.3 Å². The molecule has 0 aromatic heterocycles. The van der Waals surface area contributed by atoms with Crippen LogP contribution in [0.3, 0.4) is 0 Å². The summed E-state index contributed by atoms with van der Waals surface area (Å²) in [5, 5.41) is 3.06. The topological polar surface area (TPSA) is 41.6 Å². The Morgan fingerprint density at radius 1 is 1.22 bits per heavy atom. The van der Waals surface area contributed by atoms with Gasteiger partial charge in [-0.3, -0.25) is 9.69 Å². The highest BCUT2D eigenvalue weighted by molar-refractivity contribution is 5.94. The van der Waals surface area contributed by atoms with Crippen molar-refractivity contribution in [3.05, 3.63) is 47.0 Å². The molecule has 23 heavy (non-hydrogen) atoms. The third kappa shape index (κ3) is 4.91. The fraction of sp³-hybridized carbons (Fsp3) is 0.526. The number of hydrogen-bond acceptors (Lipinski definition) is 3. The Morgan fingerprint density at radius 2 is 2.09 bits per heavy atom. The van der Waals surface area contributed by atoms with Gasteiger partial charge in [-0.1, -0.05) is 23.8 Å². The first kappa shape index (κ1) is 16.2. The minimum absolute atomic E-state index is 0.0281. The number of nitrogens with zero attached hydrogens (tertiary/aromatic N) is 1. The summed E-state index contributed by atoms with van der Waals surface area (Å²) in [7, 11) is 0. The predicted octanol–water partition coefficient (Wildman–Crippen LogP) is 2.75. The summed E-state index contributed by atoms with van der Waals surface area (Å²) in [6.07, 6.45) is 7.08. The Balaban J connectivity index is 1.55. The van der Waals surface area contributed by atoms with E-state index < -0.39 is 0 Å². The van der Waals surface area contributed by atoms with E-state index in [1.807, 2.05) is 18.2 Å². The quantitative estimate of drug-likeness (QED) is 0.850. The monoisotopic (exact) mass is 314 g/mol. The van der Waals surface area contributed by atoms with Gasteiger partial charge >= 0.3 is 0 Å². The van der Waals surface area contributed by atoms with Crippen LogP contribution in [0.4, 0.5) is 0 Å². The lowest BCUT2D eigenvalue weighted by molar-refractivity contribution is 0.0342. The number of morpholine rings is 1. The summed E-state index contributed by atoms with van der Waals surface area (Å²) in [4.78, 5) is 14.7. The number of nitrogens with one attached hydrogen (secondary N) is 1. The van der Waals surface area contributed by atoms with E-state index in [1.165, 1.54) is 24.0 Å². The highest BCUT2D eigenvalue weighted by Crippen LogP contribution is 2.16. The molecule has 1 aromatic rings. The van der Waals surface area contributed by atoms with Crippen molar-refractivity contribution in [1.82, 2.24) is 10.2 Å². The molecule has 2 aliphatic rings. The Labute approximate surface area is 138 Å². The minimum atomic E-state index is 0.0281. The molecule has 4 nitrogen and oxygen atoms in total.